The highest BCUT2D eigenvalue weighted by molar-refractivity contribution is 7.21. The first-order chi connectivity index (χ1) is 19.0. The number of nitrogens with zero attached hydrogens (tertiary/aromatic N) is 5. The van der Waals surface area contributed by atoms with Crippen molar-refractivity contribution in [2.24, 2.45) is 11.8 Å². The zero-order chi connectivity index (χ0) is 26.8. The third-order valence-electron chi connectivity index (χ3n) is 8.55. The average Bonchev–Trinajstić information content (AvgIpc) is 3.68. The molecule has 2 unspecified atom stereocenters. The van der Waals surface area contributed by atoms with Gasteiger partial charge in [0.2, 0.25) is 11.9 Å². The van der Waals surface area contributed by atoms with Gasteiger partial charge in [0.15, 0.2) is 0 Å². The molecule has 1 aliphatic heterocycles. The van der Waals surface area contributed by atoms with Gasteiger partial charge in [0, 0.05) is 31.9 Å². The Bertz CT molecular complexity index is 1320. The molecule has 2 saturated carbocycles. The number of morpholine rings is 1. The molecule has 0 spiro atoms. The molecule has 1 saturated heterocycles. The number of nitrogens with one attached hydrogen (secondary N) is 2. The number of aromatic nitrogens is 4. The van der Waals surface area contributed by atoms with Crippen molar-refractivity contribution in [2.45, 2.75) is 71.3 Å². The minimum Gasteiger partial charge on any atom is -0.370 e. The molecule has 39 heavy (non-hydrogen) atoms. The Balaban J connectivity index is 1.22. The van der Waals surface area contributed by atoms with E-state index in [4.69, 9.17) is 19.7 Å². The Morgan fingerprint density at radius 3 is 2.77 bits per heavy atom. The number of hydrogen-bond acceptors (Lipinski definition) is 9. The number of carbonyl (C=O) groups is 1. The number of anilines is 2. The van der Waals surface area contributed by atoms with Gasteiger partial charge in [-0.3, -0.25) is 9.78 Å². The quantitative estimate of drug-likeness (QED) is 0.375. The van der Waals surface area contributed by atoms with E-state index in [9.17, 15) is 4.79 Å². The van der Waals surface area contributed by atoms with E-state index in [0.29, 0.717) is 31.1 Å². The molecule has 2 atom stereocenters. The fourth-order valence-corrected chi connectivity index (χ4v) is 7.52. The van der Waals surface area contributed by atoms with Crippen LogP contribution < -0.4 is 10.6 Å². The molecular formula is C29H39N7O2S. The van der Waals surface area contributed by atoms with E-state index in [2.05, 4.69) is 22.5 Å². The summed E-state index contributed by atoms with van der Waals surface area (Å²) in [5.41, 5.74) is 3.78. The van der Waals surface area contributed by atoms with Gasteiger partial charge in [-0.2, -0.15) is 4.98 Å². The number of thiazole rings is 1. The van der Waals surface area contributed by atoms with Crippen LogP contribution in [0.3, 0.4) is 0 Å². The summed E-state index contributed by atoms with van der Waals surface area (Å²) in [4.78, 5) is 33.5. The van der Waals surface area contributed by atoms with Crippen LogP contribution in [0.2, 0.25) is 0 Å². The number of rotatable bonds is 9. The number of hydrogen-bond donors (Lipinski definition) is 2. The zero-order valence-corrected chi connectivity index (χ0v) is 23.9. The maximum atomic E-state index is 12.3. The summed E-state index contributed by atoms with van der Waals surface area (Å²) in [6, 6.07) is 2.32. The lowest BCUT2D eigenvalue weighted by molar-refractivity contribution is -0.143. The van der Waals surface area contributed by atoms with E-state index in [1.165, 1.54) is 32.1 Å². The Morgan fingerprint density at radius 1 is 1.08 bits per heavy atom. The molecule has 3 aromatic rings. The van der Waals surface area contributed by atoms with Crippen molar-refractivity contribution in [3.05, 3.63) is 23.7 Å². The van der Waals surface area contributed by atoms with E-state index in [0.717, 1.165) is 76.3 Å². The highest BCUT2D eigenvalue weighted by atomic mass is 32.1. The van der Waals surface area contributed by atoms with Crippen molar-refractivity contribution >= 4 is 39.2 Å². The van der Waals surface area contributed by atoms with Gasteiger partial charge in [-0.05, 0) is 57.4 Å². The first kappa shape index (κ1) is 26.4. The molecule has 3 fully saturated rings. The van der Waals surface area contributed by atoms with Crippen LogP contribution >= 0.6 is 11.3 Å². The van der Waals surface area contributed by atoms with E-state index < -0.39 is 0 Å². The van der Waals surface area contributed by atoms with E-state index >= 15 is 0 Å². The van der Waals surface area contributed by atoms with Crippen molar-refractivity contribution in [3.63, 3.8) is 0 Å². The predicted molar refractivity (Wildman–Crippen MR) is 155 cm³/mol. The average molecular weight is 550 g/mol. The fourth-order valence-electron chi connectivity index (χ4n) is 6.41. The first-order valence-electron chi connectivity index (χ1n) is 14.5. The molecule has 9 nitrogen and oxygen atoms in total. The van der Waals surface area contributed by atoms with Crippen LogP contribution in [0.25, 0.3) is 20.8 Å². The van der Waals surface area contributed by atoms with E-state index in [1.54, 1.807) is 11.3 Å². The Kier molecular flexibility index (Phi) is 7.92. The van der Waals surface area contributed by atoms with Crippen LogP contribution in [0.15, 0.2) is 12.3 Å². The molecule has 2 N–H and O–H groups in total. The number of aryl methyl sites for hydroxylation is 2. The summed E-state index contributed by atoms with van der Waals surface area (Å²) in [7, 11) is 0. The van der Waals surface area contributed by atoms with E-state index in [1.807, 2.05) is 24.1 Å². The minimum atomic E-state index is 0.111. The monoisotopic (exact) mass is 549 g/mol. The summed E-state index contributed by atoms with van der Waals surface area (Å²) in [5.74, 6) is 2.95. The smallest absolute Gasteiger partial charge is 0.248 e. The standard InChI is InChI=1S/C29H39N7O2S/c1-18-25(28-34-26-19(2)30-12-10-23(26)39-28)27(35-29(32-18)31-11-9-20-5-3-4-6-20)33-22-8-7-21(15-22)16-36-13-14-38-17-24(36)37/h10,12,20-22H,3-9,11,13-17H2,1-2H3,(H2,31,32,33,35). The lowest BCUT2D eigenvalue weighted by Gasteiger charge is -2.29. The minimum absolute atomic E-state index is 0.111. The number of amides is 1. The molecule has 6 rings (SSSR count). The third-order valence-corrected chi connectivity index (χ3v) is 9.59. The third kappa shape index (κ3) is 6.01. The van der Waals surface area contributed by atoms with Gasteiger partial charge < -0.3 is 20.3 Å². The number of ether oxygens (including phenoxy) is 1. The van der Waals surface area contributed by atoms with Crippen LogP contribution in [0.5, 0.6) is 0 Å². The summed E-state index contributed by atoms with van der Waals surface area (Å²) in [6.07, 6.45) is 11.6. The number of carbonyl (C=O) groups excluding carboxylic acids is 1. The predicted octanol–water partition coefficient (Wildman–Crippen LogP) is 5.20. The second kappa shape index (κ2) is 11.7. The maximum absolute atomic E-state index is 12.3. The number of pyridine rings is 1. The normalized spacial score (nSPS) is 22.2. The second-order valence-corrected chi connectivity index (χ2v) is 12.4. The van der Waals surface area contributed by atoms with Gasteiger partial charge in [-0.15, -0.1) is 11.3 Å². The largest absolute Gasteiger partial charge is 0.370 e. The molecular weight excluding hydrogens is 510 g/mol. The SMILES string of the molecule is Cc1nc(NCCC2CCCC2)nc(NC2CCC(CN3CCOCC3=O)C2)c1-c1nc2c(C)nccc2s1. The van der Waals surface area contributed by atoms with Crippen LogP contribution in [0.4, 0.5) is 11.8 Å². The van der Waals surface area contributed by atoms with Gasteiger partial charge in [-0.25, -0.2) is 9.97 Å². The molecule has 4 heterocycles. The Hall–Kier alpha value is -2.85. The van der Waals surface area contributed by atoms with Gasteiger partial charge in [0.05, 0.1) is 28.3 Å². The van der Waals surface area contributed by atoms with Gasteiger partial charge in [0.25, 0.3) is 0 Å². The molecule has 10 heteroatoms. The van der Waals surface area contributed by atoms with Crippen molar-refractivity contribution in [3.8, 4) is 10.6 Å². The van der Waals surface area contributed by atoms with Crippen LogP contribution in [0, 0.1) is 25.7 Å². The fraction of sp³-hybridized carbons (Fsp3) is 0.621. The second-order valence-electron chi connectivity index (χ2n) is 11.4. The lowest BCUT2D eigenvalue weighted by Crippen LogP contribution is -2.43. The van der Waals surface area contributed by atoms with Crippen molar-refractivity contribution in [1.29, 1.82) is 0 Å². The molecule has 3 aromatic heterocycles. The Morgan fingerprint density at radius 2 is 1.95 bits per heavy atom. The zero-order valence-electron chi connectivity index (χ0n) is 23.0. The van der Waals surface area contributed by atoms with Gasteiger partial charge in [-0.1, -0.05) is 25.7 Å². The molecule has 0 radical (unpaired) electrons. The van der Waals surface area contributed by atoms with Crippen molar-refractivity contribution in [2.75, 3.05) is 43.5 Å². The molecule has 3 aliphatic rings. The van der Waals surface area contributed by atoms with Crippen molar-refractivity contribution < 1.29 is 9.53 Å². The summed E-state index contributed by atoms with van der Waals surface area (Å²) in [6.45, 7) is 7.32. The van der Waals surface area contributed by atoms with Crippen LogP contribution in [-0.2, 0) is 9.53 Å². The summed E-state index contributed by atoms with van der Waals surface area (Å²) < 4.78 is 6.43. The maximum Gasteiger partial charge on any atom is 0.248 e. The molecule has 208 valence electrons. The van der Waals surface area contributed by atoms with Crippen LogP contribution in [-0.4, -0.2) is 69.6 Å². The lowest BCUT2D eigenvalue weighted by atomic mass is 10.0. The number of fused-ring (bicyclic) bond motifs is 1. The molecule has 0 bridgehead atoms. The summed E-state index contributed by atoms with van der Waals surface area (Å²) >= 11 is 1.67. The molecule has 2 aliphatic carbocycles. The molecule has 1 amide bonds. The van der Waals surface area contributed by atoms with Crippen molar-refractivity contribution in [1.82, 2.24) is 24.8 Å². The van der Waals surface area contributed by atoms with Gasteiger partial charge in [0.1, 0.15) is 22.9 Å². The summed E-state index contributed by atoms with van der Waals surface area (Å²) in [5, 5.41) is 8.23. The Labute approximate surface area is 234 Å². The molecule has 0 aromatic carbocycles. The van der Waals surface area contributed by atoms with E-state index in [-0.39, 0.29) is 12.5 Å². The van der Waals surface area contributed by atoms with Gasteiger partial charge >= 0.3 is 0 Å². The highest BCUT2D eigenvalue weighted by Crippen LogP contribution is 2.38. The topological polar surface area (TPSA) is 105 Å². The highest BCUT2D eigenvalue weighted by Gasteiger charge is 2.30. The first-order valence-corrected chi connectivity index (χ1v) is 15.3. The van der Waals surface area contributed by atoms with Crippen LogP contribution in [0.1, 0.15) is 62.8 Å².